The minimum Gasteiger partial charge on any atom is -0.465 e. The predicted molar refractivity (Wildman–Crippen MR) is 82.2 cm³/mol. The number of carbonyl (C=O) groups is 1. The van der Waals surface area contributed by atoms with Gasteiger partial charge >= 0.3 is 6.09 Å². The summed E-state index contributed by atoms with van der Waals surface area (Å²) < 4.78 is 5.80. The van der Waals surface area contributed by atoms with Gasteiger partial charge in [-0.25, -0.2) is 4.79 Å². The van der Waals surface area contributed by atoms with E-state index in [2.05, 4.69) is 0 Å². The van der Waals surface area contributed by atoms with Crippen LogP contribution in [0.15, 0.2) is 18.2 Å². The molecule has 0 bridgehead atoms. The van der Waals surface area contributed by atoms with E-state index in [0.29, 0.717) is 42.7 Å². The van der Waals surface area contributed by atoms with Crippen LogP contribution in [-0.4, -0.2) is 48.4 Å². The van der Waals surface area contributed by atoms with E-state index in [9.17, 15) is 9.90 Å². The fraction of sp³-hybridized carbons (Fsp3) is 0.500. The van der Waals surface area contributed by atoms with Gasteiger partial charge in [0, 0.05) is 19.0 Å². The van der Waals surface area contributed by atoms with Gasteiger partial charge < -0.3 is 20.5 Å². The number of rotatable bonds is 3. The number of benzene rings is 1. The lowest BCUT2D eigenvalue weighted by atomic mass is 9.91. The predicted octanol–water partition coefficient (Wildman–Crippen LogP) is 2.80. The third kappa shape index (κ3) is 4.01. The van der Waals surface area contributed by atoms with Crippen LogP contribution in [0.25, 0.3) is 0 Å². The molecular formula is C14H18Cl2N2O3. The second kappa shape index (κ2) is 7.31. The van der Waals surface area contributed by atoms with Crippen LogP contribution in [0.3, 0.4) is 0 Å². The van der Waals surface area contributed by atoms with E-state index in [-0.39, 0.29) is 12.0 Å². The third-order valence-electron chi connectivity index (χ3n) is 3.65. The Hall–Kier alpha value is -1.01. The highest BCUT2D eigenvalue weighted by Crippen LogP contribution is 2.32. The number of hydrogen-bond donors (Lipinski definition) is 2. The summed E-state index contributed by atoms with van der Waals surface area (Å²) in [4.78, 5) is 12.6. The number of nitrogens with zero attached hydrogens (tertiary/aromatic N) is 1. The summed E-state index contributed by atoms with van der Waals surface area (Å²) >= 11 is 12.0. The molecule has 2 unspecified atom stereocenters. The SMILES string of the molecule is NCCC1OCCN(C(=O)O)CC1c1ccc(Cl)c(Cl)c1. The van der Waals surface area contributed by atoms with Crippen LogP contribution in [0.2, 0.25) is 10.0 Å². The van der Waals surface area contributed by atoms with Crippen molar-refractivity contribution in [1.29, 1.82) is 0 Å². The number of carboxylic acid groups (broad SMARTS) is 1. The molecule has 1 aliphatic rings. The van der Waals surface area contributed by atoms with E-state index in [1.54, 1.807) is 12.1 Å². The first-order valence-corrected chi connectivity index (χ1v) is 7.53. The summed E-state index contributed by atoms with van der Waals surface area (Å²) in [6, 6.07) is 5.35. The van der Waals surface area contributed by atoms with E-state index < -0.39 is 6.09 Å². The van der Waals surface area contributed by atoms with Crippen LogP contribution < -0.4 is 5.73 Å². The van der Waals surface area contributed by atoms with Crippen LogP contribution >= 0.6 is 23.2 Å². The van der Waals surface area contributed by atoms with Gasteiger partial charge in [-0.2, -0.15) is 0 Å². The summed E-state index contributed by atoms with van der Waals surface area (Å²) in [5.74, 6) is -0.109. The zero-order chi connectivity index (χ0) is 15.4. The number of amides is 1. The summed E-state index contributed by atoms with van der Waals surface area (Å²) in [6.45, 7) is 1.57. The fourth-order valence-electron chi connectivity index (χ4n) is 2.56. The summed E-state index contributed by atoms with van der Waals surface area (Å²) in [5, 5.41) is 10.2. The van der Waals surface area contributed by atoms with Crippen molar-refractivity contribution in [2.75, 3.05) is 26.2 Å². The Bertz CT molecular complexity index is 513. The van der Waals surface area contributed by atoms with E-state index in [1.807, 2.05) is 6.07 Å². The lowest BCUT2D eigenvalue weighted by Crippen LogP contribution is -2.35. The minimum atomic E-state index is -0.947. The largest absolute Gasteiger partial charge is 0.465 e. The Morgan fingerprint density at radius 1 is 1.43 bits per heavy atom. The van der Waals surface area contributed by atoms with Crippen LogP contribution in [0.1, 0.15) is 17.9 Å². The molecular weight excluding hydrogens is 315 g/mol. The van der Waals surface area contributed by atoms with Gasteiger partial charge in [0.2, 0.25) is 0 Å². The maximum absolute atomic E-state index is 11.3. The van der Waals surface area contributed by atoms with Gasteiger partial charge in [0.25, 0.3) is 0 Å². The van der Waals surface area contributed by atoms with Gasteiger partial charge in [0.1, 0.15) is 0 Å². The molecule has 2 atom stereocenters. The first-order chi connectivity index (χ1) is 10.0. The van der Waals surface area contributed by atoms with Crippen molar-refractivity contribution in [3.8, 4) is 0 Å². The maximum Gasteiger partial charge on any atom is 0.407 e. The van der Waals surface area contributed by atoms with E-state index in [1.165, 1.54) is 4.90 Å². The molecule has 0 radical (unpaired) electrons. The topological polar surface area (TPSA) is 75.8 Å². The standard InChI is InChI=1S/C14H18Cl2N2O3/c15-11-2-1-9(7-12(11)16)10-8-18(14(19)20)5-6-21-13(10)3-4-17/h1-2,7,10,13H,3-6,8,17H2,(H,19,20). The second-order valence-electron chi connectivity index (χ2n) is 5.00. The summed E-state index contributed by atoms with van der Waals surface area (Å²) in [6.07, 6.45) is -0.410. The van der Waals surface area contributed by atoms with Crippen molar-refractivity contribution in [2.24, 2.45) is 5.73 Å². The monoisotopic (exact) mass is 332 g/mol. The zero-order valence-electron chi connectivity index (χ0n) is 11.5. The van der Waals surface area contributed by atoms with Crippen LogP contribution in [0.4, 0.5) is 4.79 Å². The smallest absolute Gasteiger partial charge is 0.407 e. The average molecular weight is 333 g/mol. The highest BCUT2D eigenvalue weighted by molar-refractivity contribution is 6.42. The lowest BCUT2D eigenvalue weighted by molar-refractivity contribution is 0.0469. The van der Waals surface area contributed by atoms with Crippen molar-refractivity contribution >= 4 is 29.3 Å². The molecule has 1 saturated heterocycles. The molecule has 7 heteroatoms. The molecule has 5 nitrogen and oxygen atoms in total. The quantitative estimate of drug-likeness (QED) is 0.892. The molecule has 0 spiro atoms. The highest BCUT2D eigenvalue weighted by Gasteiger charge is 2.31. The van der Waals surface area contributed by atoms with Crippen LogP contribution in [-0.2, 0) is 4.74 Å². The molecule has 1 fully saturated rings. The maximum atomic E-state index is 11.3. The van der Waals surface area contributed by atoms with Crippen LogP contribution in [0, 0.1) is 0 Å². The highest BCUT2D eigenvalue weighted by atomic mass is 35.5. The minimum absolute atomic E-state index is 0.109. The van der Waals surface area contributed by atoms with Crippen LogP contribution in [0.5, 0.6) is 0 Å². The molecule has 0 saturated carbocycles. The van der Waals surface area contributed by atoms with Crippen molar-refractivity contribution in [3.05, 3.63) is 33.8 Å². The van der Waals surface area contributed by atoms with Gasteiger partial charge in [-0.15, -0.1) is 0 Å². The first-order valence-electron chi connectivity index (χ1n) is 6.77. The summed E-state index contributed by atoms with van der Waals surface area (Å²) in [7, 11) is 0. The van der Waals surface area contributed by atoms with E-state index in [0.717, 1.165) is 5.56 Å². The molecule has 1 heterocycles. The first kappa shape index (κ1) is 16.4. The number of halogens is 2. The van der Waals surface area contributed by atoms with Gasteiger partial charge in [-0.3, -0.25) is 0 Å². The molecule has 1 aliphatic heterocycles. The Kier molecular flexibility index (Phi) is 5.70. The van der Waals surface area contributed by atoms with Crippen molar-refractivity contribution in [1.82, 2.24) is 4.90 Å². The van der Waals surface area contributed by atoms with E-state index in [4.69, 9.17) is 33.7 Å². The number of hydrogen-bond acceptors (Lipinski definition) is 3. The number of ether oxygens (including phenoxy) is 1. The summed E-state index contributed by atoms with van der Waals surface area (Å²) in [5.41, 5.74) is 6.56. The van der Waals surface area contributed by atoms with Crippen molar-refractivity contribution in [3.63, 3.8) is 0 Å². The Morgan fingerprint density at radius 3 is 2.81 bits per heavy atom. The Balaban J connectivity index is 2.31. The molecule has 1 aromatic carbocycles. The molecule has 21 heavy (non-hydrogen) atoms. The van der Waals surface area contributed by atoms with Crippen molar-refractivity contribution < 1.29 is 14.6 Å². The van der Waals surface area contributed by atoms with Gasteiger partial charge in [-0.1, -0.05) is 29.3 Å². The molecule has 2 rings (SSSR count). The fourth-order valence-corrected chi connectivity index (χ4v) is 2.87. The molecule has 1 amide bonds. The normalized spacial score (nSPS) is 22.9. The zero-order valence-corrected chi connectivity index (χ0v) is 13.0. The molecule has 1 aromatic rings. The Morgan fingerprint density at radius 2 is 2.19 bits per heavy atom. The lowest BCUT2D eigenvalue weighted by Gasteiger charge is -2.27. The molecule has 0 aromatic heterocycles. The van der Waals surface area contributed by atoms with Gasteiger partial charge in [-0.05, 0) is 30.7 Å². The van der Waals surface area contributed by atoms with Gasteiger partial charge in [0.15, 0.2) is 0 Å². The molecule has 0 aliphatic carbocycles. The number of nitrogens with two attached hydrogens (primary N) is 1. The van der Waals surface area contributed by atoms with Gasteiger partial charge in [0.05, 0.1) is 22.8 Å². The second-order valence-corrected chi connectivity index (χ2v) is 5.81. The molecule has 116 valence electrons. The average Bonchev–Trinajstić information content (AvgIpc) is 2.65. The third-order valence-corrected chi connectivity index (χ3v) is 4.39. The molecule has 3 N–H and O–H groups in total. The van der Waals surface area contributed by atoms with Crippen molar-refractivity contribution in [2.45, 2.75) is 18.4 Å². The van der Waals surface area contributed by atoms with E-state index >= 15 is 0 Å². The Labute approximate surface area is 133 Å².